The van der Waals surface area contributed by atoms with Crippen LogP contribution in [0.3, 0.4) is 0 Å². The molecule has 0 saturated carbocycles. The maximum atomic E-state index is 11.7. The van der Waals surface area contributed by atoms with Crippen LogP contribution in [-0.4, -0.2) is 16.1 Å². The summed E-state index contributed by atoms with van der Waals surface area (Å²) in [6, 6.07) is 11.2. The molecule has 0 bridgehead atoms. The highest BCUT2D eigenvalue weighted by Gasteiger charge is 2.18. The first-order chi connectivity index (χ1) is 12.1. The summed E-state index contributed by atoms with van der Waals surface area (Å²) >= 11 is 7.50. The molecule has 4 aromatic rings. The van der Waals surface area contributed by atoms with E-state index in [4.69, 9.17) is 21.8 Å². The highest BCUT2D eigenvalue weighted by molar-refractivity contribution is 7.22. The minimum absolute atomic E-state index is 0.144. The van der Waals surface area contributed by atoms with Crippen molar-refractivity contribution in [1.29, 1.82) is 0 Å². The van der Waals surface area contributed by atoms with E-state index in [-0.39, 0.29) is 5.69 Å². The van der Waals surface area contributed by atoms with Crippen LogP contribution in [0.15, 0.2) is 53.3 Å². The molecule has 6 nitrogen and oxygen atoms in total. The predicted octanol–water partition coefficient (Wildman–Crippen LogP) is 4.45. The summed E-state index contributed by atoms with van der Waals surface area (Å²) in [5.74, 6) is -0.0993. The molecule has 0 fully saturated rings. The third-order valence-electron chi connectivity index (χ3n) is 3.58. The molecule has 0 aliphatic carbocycles. The van der Waals surface area contributed by atoms with Crippen LogP contribution in [0.5, 0.6) is 0 Å². The average molecular weight is 371 g/mol. The molecule has 0 atom stereocenters. The van der Waals surface area contributed by atoms with Gasteiger partial charge in [0.2, 0.25) is 0 Å². The van der Waals surface area contributed by atoms with Gasteiger partial charge in [0, 0.05) is 15.3 Å². The molecule has 124 valence electrons. The van der Waals surface area contributed by atoms with E-state index in [0.29, 0.717) is 15.5 Å². The number of nitrogens with one attached hydrogen (secondary N) is 1. The summed E-state index contributed by atoms with van der Waals surface area (Å²) in [5, 5.41) is 12.6. The number of carbonyl (C=O) groups is 1. The van der Waals surface area contributed by atoms with Crippen molar-refractivity contribution < 1.29 is 9.21 Å². The quantitative estimate of drug-likeness (QED) is 0.553. The number of hydrogen-bond acceptors (Lipinski definition) is 6. The third kappa shape index (κ3) is 2.95. The van der Waals surface area contributed by atoms with Crippen LogP contribution < -0.4 is 11.1 Å². The van der Waals surface area contributed by atoms with Gasteiger partial charge in [0.25, 0.3) is 5.91 Å². The lowest BCUT2D eigenvalue weighted by molar-refractivity contribution is 0.0996. The zero-order valence-corrected chi connectivity index (χ0v) is 14.3. The van der Waals surface area contributed by atoms with Crippen LogP contribution in [-0.2, 0) is 0 Å². The topological polar surface area (TPSA) is 94.0 Å². The van der Waals surface area contributed by atoms with Gasteiger partial charge in [0.1, 0.15) is 6.26 Å². The van der Waals surface area contributed by atoms with Gasteiger partial charge >= 0.3 is 0 Å². The number of thiophene rings is 1. The predicted molar refractivity (Wildman–Crippen MR) is 98.4 cm³/mol. The van der Waals surface area contributed by atoms with Crippen LogP contribution in [0.25, 0.3) is 20.5 Å². The molecule has 0 aliphatic rings. The fourth-order valence-corrected chi connectivity index (χ4v) is 3.79. The lowest BCUT2D eigenvalue weighted by atomic mass is 10.1. The summed E-state index contributed by atoms with van der Waals surface area (Å²) in [4.78, 5) is 12.6. The summed E-state index contributed by atoms with van der Waals surface area (Å²) in [6.45, 7) is 0. The highest BCUT2D eigenvalue weighted by atomic mass is 35.5. The first-order valence-electron chi connectivity index (χ1n) is 7.27. The largest absolute Gasteiger partial charge is 0.470 e. The van der Waals surface area contributed by atoms with E-state index in [1.807, 2.05) is 30.3 Å². The second-order valence-corrected chi connectivity index (χ2v) is 6.75. The Labute approximate surface area is 151 Å². The molecular formula is C17H11ClN4O2S. The number of halogens is 1. The van der Waals surface area contributed by atoms with E-state index in [1.54, 1.807) is 18.6 Å². The van der Waals surface area contributed by atoms with Gasteiger partial charge in [-0.05, 0) is 29.8 Å². The van der Waals surface area contributed by atoms with Crippen LogP contribution in [0.2, 0.25) is 5.02 Å². The molecule has 0 spiro atoms. The van der Waals surface area contributed by atoms with E-state index in [1.165, 1.54) is 11.3 Å². The summed E-state index contributed by atoms with van der Waals surface area (Å²) < 4.78 is 5.72. The smallest absolute Gasteiger partial charge is 0.270 e. The van der Waals surface area contributed by atoms with Gasteiger partial charge in [-0.15, -0.1) is 21.5 Å². The minimum atomic E-state index is -0.619. The van der Waals surface area contributed by atoms with Gasteiger partial charge in [-0.1, -0.05) is 23.7 Å². The zero-order valence-electron chi connectivity index (χ0n) is 12.7. The number of aromatic nitrogens is 2. The van der Waals surface area contributed by atoms with Gasteiger partial charge < -0.3 is 15.5 Å². The number of carbonyl (C=O) groups excluding carboxylic acids is 1. The van der Waals surface area contributed by atoms with Crippen molar-refractivity contribution in [2.24, 2.45) is 5.73 Å². The Kier molecular flexibility index (Phi) is 3.87. The number of primary amides is 1. The molecule has 0 radical (unpaired) electrons. The standard InChI is InChI=1S/C17H11ClN4O2S/c18-10-3-1-2-9(6-10)13-7-12-15(25-13)14(16(19)23)21-22-17(12)20-11-4-5-24-8-11/h1-8H,(H2,19,23)(H,20,22). The Morgan fingerprint density at radius 1 is 1.24 bits per heavy atom. The first-order valence-corrected chi connectivity index (χ1v) is 8.46. The molecule has 4 rings (SSSR count). The number of amides is 1. The normalized spacial score (nSPS) is 10.9. The second kappa shape index (κ2) is 6.19. The molecule has 3 aromatic heterocycles. The first kappa shape index (κ1) is 15.6. The van der Waals surface area contributed by atoms with Crippen LogP contribution in [0.4, 0.5) is 11.5 Å². The molecule has 1 aromatic carbocycles. The van der Waals surface area contributed by atoms with Crippen molar-refractivity contribution in [3.63, 3.8) is 0 Å². The number of anilines is 2. The Hall–Kier alpha value is -2.90. The number of hydrogen-bond donors (Lipinski definition) is 2. The van der Waals surface area contributed by atoms with Gasteiger partial charge in [-0.3, -0.25) is 4.79 Å². The summed E-state index contributed by atoms with van der Waals surface area (Å²) in [6.07, 6.45) is 3.11. The van der Waals surface area contributed by atoms with Crippen molar-refractivity contribution in [3.8, 4) is 10.4 Å². The molecular weight excluding hydrogens is 360 g/mol. The zero-order chi connectivity index (χ0) is 17.4. The van der Waals surface area contributed by atoms with Gasteiger partial charge in [-0.25, -0.2) is 0 Å². The van der Waals surface area contributed by atoms with Crippen molar-refractivity contribution in [2.75, 3.05) is 5.32 Å². The van der Waals surface area contributed by atoms with E-state index < -0.39 is 5.91 Å². The van der Waals surface area contributed by atoms with Gasteiger partial charge in [0.05, 0.1) is 16.7 Å². The molecule has 25 heavy (non-hydrogen) atoms. The molecule has 3 N–H and O–H groups in total. The Balaban J connectivity index is 1.90. The fraction of sp³-hybridized carbons (Fsp3) is 0. The SMILES string of the molecule is NC(=O)c1nnc(Nc2ccoc2)c2cc(-c3cccc(Cl)c3)sc12. The highest BCUT2D eigenvalue weighted by Crippen LogP contribution is 2.38. The number of benzene rings is 1. The van der Waals surface area contributed by atoms with E-state index >= 15 is 0 Å². The van der Waals surface area contributed by atoms with E-state index in [2.05, 4.69) is 15.5 Å². The van der Waals surface area contributed by atoms with Crippen molar-refractivity contribution in [1.82, 2.24) is 10.2 Å². The fourth-order valence-electron chi connectivity index (χ4n) is 2.45. The molecule has 0 unspecified atom stereocenters. The van der Waals surface area contributed by atoms with Crippen molar-refractivity contribution in [2.45, 2.75) is 0 Å². The van der Waals surface area contributed by atoms with Gasteiger partial charge in [0.15, 0.2) is 11.5 Å². The Morgan fingerprint density at radius 2 is 2.12 bits per heavy atom. The molecule has 3 heterocycles. The number of furan rings is 1. The molecule has 0 aliphatic heterocycles. The lowest BCUT2D eigenvalue weighted by Gasteiger charge is -2.04. The number of fused-ring (bicyclic) bond motifs is 1. The number of rotatable bonds is 4. The summed E-state index contributed by atoms with van der Waals surface area (Å²) in [7, 11) is 0. The maximum absolute atomic E-state index is 11.7. The molecule has 1 amide bonds. The average Bonchev–Trinajstić information content (AvgIpc) is 3.24. The molecule has 8 heteroatoms. The van der Waals surface area contributed by atoms with E-state index in [0.717, 1.165) is 21.5 Å². The maximum Gasteiger partial charge on any atom is 0.270 e. The van der Waals surface area contributed by atoms with Crippen LogP contribution in [0.1, 0.15) is 10.5 Å². The second-order valence-electron chi connectivity index (χ2n) is 5.26. The van der Waals surface area contributed by atoms with E-state index in [9.17, 15) is 4.79 Å². The van der Waals surface area contributed by atoms with Gasteiger partial charge in [-0.2, -0.15) is 0 Å². The molecule has 0 saturated heterocycles. The Bertz CT molecular complexity index is 1080. The van der Waals surface area contributed by atoms with Crippen molar-refractivity contribution >= 4 is 50.4 Å². The lowest BCUT2D eigenvalue weighted by Crippen LogP contribution is -2.14. The number of nitrogens with two attached hydrogens (primary N) is 1. The van der Waals surface area contributed by atoms with Crippen molar-refractivity contribution in [3.05, 3.63) is 59.6 Å². The van der Waals surface area contributed by atoms with Crippen LogP contribution in [0, 0.1) is 0 Å². The number of nitrogens with zero attached hydrogens (tertiary/aromatic N) is 2. The van der Waals surface area contributed by atoms with Crippen LogP contribution >= 0.6 is 22.9 Å². The minimum Gasteiger partial charge on any atom is -0.470 e. The summed E-state index contributed by atoms with van der Waals surface area (Å²) in [5.41, 5.74) is 7.27. The third-order valence-corrected chi connectivity index (χ3v) is 5.00. The Morgan fingerprint density at radius 3 is 2.84 bits per heavy atom. The monoisotopic (exact) mass is 370 g/mol.